The van der Waals surface area contributed by atoms with E-state index >= 15 is 0 Å². The lowest BCUT2D eigenvalue weighted by atomic mass is 9.96. The van der Waals surface area contributed by atoms with Crippen molar-refractivity contribution in [1.82, 2.24) is 19.5 Å². The van der Waals surface area contributed by atoms with Crippen LogP contribution < -0.4 is 5.73 Å². The van der Waals surface area contributed by atoms with E-state index in [4.69, 9.17) is 68.2 Å². The molecule has 1 saturated heterocycles. The maximum absolute atomic E-state index is 13.4. The first-order valence-corrected chi connectivity index (χ1v) is 15.1. The van der Waals surface area contributed by atoms with Crippen LogP contribution in [-0.2, 0) is 24.2 Å². The Bertz CT molecular complexity index is 1370. The number of aliphatic hydroxyl groups excluding tert-OH is 2. The molecule has 3 heterocycles. The molecule has 41 heavy (non-hydrogen) atoms. The van der Waals surface area contributed by atoms with Crippen LogP contribution in [0.3, 0.4) is 0 Å². The molecule has 0 spiro atoms. The zero-order valence-corrected chi connectivity index (χ0v) is 23.0. The molecule has 0 saturated carbocycles. The van der Waals surface area contributed by atoms with Gasteiger partial charge in [-0.25, -0.2) is 28.6 Å². The van der Waals surface area contributed by atoms with Crippen molar-refractivity contribution in [2.45, 2.75) is 24.4 Å². The number of phosphoric acid groups is 3. The molecule has 1 aromatic carbocycles. The SMILES string of the molecule is Nc1ncnc2c1ncn2[C@@]1(C(=O)c2ccccc2)C[C@H](O)[C@@H](CO)O1.O=P(O)(O)O.O=P(O)(O)O.O=P(O)(O)O. The van der Waals surface area contributed by atoms with Crippen LogP contribution in [0, 0.1) is 0 Å². The fraction of sp³-hybridized carbons (Fsp3) is 0.294. The maximum atomic E-state index is 13.4. The summed E-state index contributed by atoms with van der Waals surface area (Å²) in [4.78, 5) is 90.3. The number of fused-ring (bicyclic) bond motifs is 1. The van der Waals surface area contributed by atoms with Crippen molar-refractivity contribution in [2.24, 2.45) is 0 Å². The normalized spacial score (nSPS) is 20.6. The Morgan fingerprint density at radius 1 is 0.927 bits per heavy atom. The summed E-state index contributed by atoms with van der Waals surface area (Å²) in [6.45, 7) is -0.422. The number of ether oxygens (including phenoxy) is 1. The zero-order valence-electron chi connectivity index (χ0n) is 20.3. The number of nitrogen functional groups attached to an aromatic ring is 1. The molecule has 0 unspecified atom stereocenters. The number of imidazole rings is 1. The average molecular weight is 649 g/mol. The van der Waals surface area contributed by atoms with Gasteiger partial charge < -0.3 is 64.7 Å². The Hall–Kier alpha value is -2.55. The highest BCUT2D eigenvalue weighted by Gasteiger charge is 2.53. The molecule has 3 aromatic rings. The van der Waals surface area contributed by atoms with Gasteiger partial charge in [0.15, 0.2) is 11.5 Å². The lowest BCUT2D eigenvalue weighted by molar-refractivity contribution is -0.0900. The second-order valence-electron chi connectivity index (χ2n) is 7.68. The number of hydrogen-bond acceptors (Lipinski definition) is 11. The molecule has 1 fully saturated rings. The summed E-state index contributed by atoms with van der Waals surface area (Å²) in [5, 5.41) is 19.8. The van der Waals surface area contributed by atoms with E-state index in [-0.39, 0.29) is 18.0 Å². The second kappa shape index (κ2) is 14.6. The third-order valence-corrected chi connectivity index (χ3v) is 4.58. The van der Waals surface area contributed by atoms with E-state index in [1.807, 2.05) is 0 Å². The lowest BCUT2D eigenvalue weighted by Gasteiger charge is -2.29. The number of aliphatic hydroxyl groups is 2. The van der Waals surface area contributed by atoms with Gasteiger partial charge in [0.25, 0.3) is 0 Å². The zero-order chi connectivity index (χ0) is 31.8. The van der Waals surface area contributed by atoms with Gasteiger partial charge in [0.1, 0.15) is 17.9 Å². The van der Waals surface area contributed by atoms with Crippen LogP contribution in [0.4, 0.5) is 5.82 Å². The first-order chi connectivity index (χ1) is 18.6. The molecule has 0 bridgehead atoms. The van der Waals surface area contributed by atoms with Crippen molar-refractivity contribution < 1.29 is 77.5 Å². The molecule has 1 aliphatic heterocycles. The fourth-order valence-electron chi connectivity index (χ4n) is 3.29. The van der Waals surface area contributed by atoms with Crippen molar-refractivity contribution in [1.29, 1.82) is 0 Å². The number of ketones is 1. The number of carbonyl (C=O) groups excluding carboxylic acids is 1. The number of nitrogens with two attached hydrogens (primary N) is 1. The topological polar surface area (TPSA) is 370 Å². The number of Topliss-reactive ketones (excluding diaryl/α,β-unsaturated/α-hetero) is 1. The summed E-state index contributed by atoms with van der Waals surface area (Å²) in [6, 6.07) is 8.60. The molecule has 21 nitrogen and oxygen atoms in total. The van der Waals surface area contributed by atoms with Gasteiger partial charge in [0.05, 0.1) is 19.0 Å². The molecule has 1 aliphatic rings. The Balaban J connectivity index is 0.000000465. The summed E-state index contributed by atoms with van der Waals surface area (Å²) in [5.41, 5.74) is 5.29. The summed E-state index contributed by atoms with van der Waals surface area (Å²) < 4.78 is 34.0. The van der Waals surface area contributed by atoms with Crippen molar-refractivity contribution in [3.63, 3.8) is 0 Å². The Labute approximate surface area is 228 Å². The van der Waals surface area contributed by atoms with E-state index < -0.39 is 48.0 Å². The van der Waals surface area contributed by atoms with Crippen LogP contribution in [0.2, 0.25) is 0 Å². The standard InChI is InChI=1S/C17H17N5O4.3H3O4P/c18-15-13-16(20-8-19-15)22(9-21-13)17(6-11(24)12(7-23)26-17)14(25)10-4-2-1-3-5-10;3*1-5(2,3)4/h1-5,8-9,11-12,23-24H,6-7H2,(H2,18,19,20);3*(H3,1,2,3,4)/t11-,12+,17-;;;/m0.../s1. The molecule has 0 radical (unpaired) electrons. The van der Waals surface area contributed by atoms with Gasteiger partial charge in [0.2, 0.25) is 11.5 Å². The Morgan fingerprint density at radius 3 is 1.85 bits per heavy atom. The molecule has 24 heteroatoms. The van der Waals surface area contributed by atoms with Gasteiger partial charge in [-0.05, 0) is 0 Å². The minimum absolute atomic E-state index is 0.0542. The molecule has 0 amide bonds. The van der Waals surface area contributed by atoms with Gasteiger partial charge in [-0.2, -0.15) is 0 Å². The van der Waals surface area contributed by atoms with Gasteiger partial charge >= 0.3 is 23.5 Å². The predicted molar refractivity (Wildman–Crippen MR) is 134 cm³/mol. The molecule has 0 aliphatic carbocycles. The predicted octanol–water partition coefficient (Wildman–Crippen LogP) is -2.70. The Kier molecular flexibility index (Phi) is 13.0. The molecule has 3 atom stereocenters. The first kappa shape index (κ1) is 36.5. The molecule has 13 N–H and O–H groups in total. The van der Waals surface area contributed by atoms with Crippen molar-refractivity contribution in [3.8, 4) is 0 Å². The minimum atomic E-state index is -4.64. The molecule has 4 rings (SSSR count). The van der Waals surface area contributed by atoms with Crippen LogP contribution in [0.1, 0.15) is 16.8 Å². The monoisotopic (exact) mass is 649 g/mol. The Morgan fingerprint density at radius 2 is 1.41 bits per heavy atom. The largest absolute Gasteiger partial charge is 0.466 e. The first-order valence-electron chi connectivity index (χ1n) is 10.4. The molecular weight excluding hydrogens is 623 g/mol. The number of aromatic nitrogens is 4. The third-order valence-electron chi connectivity index (χ3n) is 4.58. The molecule has 2 aromatic heterocycles. The van der Waals surface area contributed by atoms with E-state index in [0.29, 0.717) is 16.7 Å². The number of carbonyl (C=O) groups is 1. The minimum Gasteiger partial charge on any atom is -0.394 e. The van der Waals surface area contributed by atoms with E-state index in [9.17, 15) is 15.0 Å². The molecular formula is C17H26N5O16P3. The van der Waals surface area contributed by atoms with Crippen LogP contribution in [0.25, 0.3) is 11.2 Å². The second-order valence-corrected chi connectivity index (χ2v) is 10.8. The highest BCUT2D eigenvalue weighted by molar-refractivity contribution is 7.45. The summed E-state index contributed by atoms with van der Waals surface area (Å²) in [6.07, 6.45) is 0.680. The average Bonchev–Trinajstić information content (AvgIpc) is 3.38. The van der Waals surface area contributed by atoms with E-state index in [0.717, 1.165) is 0 Å². The van der Waals surface area contributed by atoms with E-state index in [2.05, 4.69) is 15.0 Å². The van der Waals surface area contributed by atoms with Gasteiger partial charge in [-0.3, -0.25) is 9.36 Å². The maximum Gasteiger partial charge on any atom is 0.466 e. The number of hydrogen-bond donors (Lipinski definition) is 12. The van der Waals surface area contributed by atoms with E-state index in [1.54, 1.807) is 30.3 Å². The van der Waals surface area contributed by atoms with E-state index in [1.165, 1.54) is 17.2 Å². The van der Waals surface area contributed by atoms with Gasteiger partial charge in [-0.15, -0.1) is 0 Å². The fourth-order valence-corrected chi connectivity index (χ4v) is 3.29. The summed E-state index contributed by atoms with van der Waals surface area (Å²) in [5.74, 6) is -0.196. The highest BCUT2D eigenvalue weighted by atomic mass is 31.2. The highest BCUT2D eigenvalue weighted by Crippen LogP contribution is 2.40. The number of benzene rings is 1. The van der Waals surface area contributed by atoms with Crippen molar-refractivity contribution in [2.75, 3.05) is 12.3 Å². The lowest BCUT2D eigenvalue weighted by Crippen LogP contribution is -2.42. The van der Waals surface area contributed by atoms with Crippen LogP contribution in [0.15, 0.2) is 43.0 Å². The van der Waals surface area contributed by atoms with Gasteiger partial charge in [-0.1, -0.05) is 30.3 Å². The summed E-state index contributed by atoms with van der Waals surface area (Å²) >= 11 is 0. The van der Waals surface area contributed by atoms with Crippen molar-refractivity contribution >= 4 is 46.2 Å². The van der Waals surface area contributed by atoms with Crippen LogP contribution >= 0.6 is 23.5 Å². The third kappa shape index (κ3) is 12.9. The van der Waals surface area contributed by atoms with Gasteiger partial charge in [0, 0.05) is 12.0 Å². The number of nitrogens with zero attached hydrogens (tertiary/aromatic N) is 4. The van der Waals surface area contributed by atoms with Crippen LogP contribution in [0.5, 0.6) is 0 Å². The smallest absolute Gasteiger partial charge is 0.394 e. The van der Waals surface area contributed by atoms with Crippen molar-refractivity contribution in [3.05, 3.63) is 48.5 Å². The summed E-state index contributed by atoms with van der Waals surface area (Å²) in [7, 11) is -13.9. The quantitative estimate of drug-likeness (QED) is 0.101. The number of anilines is 1. The number of rotatable bonds is 4. The molecule has 230 valence electrons. The van der Waals surface area contributed by atoms with Crippen LogP contribution in [-0.4, -0.2) is 98.4 Å².